The third-order valence-corrected chi connectivity index (χ3v) is 4.61. The lowest BCUT2D eigenvalue weighted by atomic mass is 10.1. The molecule has 0 radical (unpaired) electrons. The van der Waals surface area contributed by atoms with Crippen molar-refractivity contribution in [1.82, 2.24) is 4.98 Å². The summed E-state index contributed by atoms with van der Waals surface area (Å²) in [6.07, 6.45) is 0. The fourth-order valence-electron chi connectivity index (χ4n) is 1.97. The number of halogens is 3. The van der Waals surface area contributed by atoms with Crippen LogP contribution < -0.4 is 0 Å². The molecule has 7 heteroatoms. The van der Waals surface area contributed by atoms with E-state index in [1.54, 1.807) is 6.07 Å². The molecule has 3 rings (SSSR count). The number of carbonyl (C=O) groups is 1. The minimum absolute atomic E-state index is 0.0702. The van der Waals surface area contributed by atoms with Crippen LogP contribution in [0, 0.1) is 11.6 Å². The number of carboxylic acids is 1. The van der Waals surface area contributed by atoms with E-state index in [4.69, 9.17) is 0 Å². The Morgan fingerprint density at radius 2 is 1.90 bits per heavy atom. The maximum atomic E-state index is 13.4. The average Bonchev–Trinajstić information content (AvgIpc) is 2.85. The van der Waals surface area contributed by atoms with Crippen molar-refractivity contribution in [3.63, 3.8) is 0 Å². The van der Waals surface area contributed by atoms with Crippen molar-refractivity contribution in [1.29, 1.82) is 0 Å². The molecule has 2 aromatic heterocycles. The summed E-state index contributed by atoms with van der Waals surface area (Å²) in [4.78, 5) is 16.3. The van der Waals surface area contributed by atoms with Crippen molar-refractivity contribution in [2.24, 2.45) is 0 Å². The van der Waals surface area contributed by atoms with Gasteiger partial charge >= 0.3 is 5.97 Å². The highest BCUT2D eigenvalue weighted by molar-refractivity contribution is 9.10. The highest BCUT2D eigenvalue weighted by Crippen LogP contribution is 2.32. The Morgan fingerprint density at radius 3 is 2.52 bits per heavy atom. The summed E-state index contributed by atoms with van der Waals surface area (Å²) >= 11 is 4.67. The van der Waals surface area contributed by atoms with E-state index in [-0.39, 0.29) is 16.5 Å². The molecule has 0 unspecified atom stereocenters. The van der Waals surface area contributed by atoms with Gasteiger partial charge in [0.05, 0.1) is 21.7 Å². The lowest BCUT2D eigenvalue weighted by Gasteiger charge is -2.06. The monoisotopic (exact) mass is 369 g/mol. The number of fused-ring (bicyclic) bond motifs is 1. The van der Waals surface area contributed by atoms with Crippen LogP contribution in [0.2, 0.25) is 0 Å². The van der Waals surface area contributed by atoms with Gasteiger partial charge in [0.25, 0.3) is 0 Å². The van der Waals surface area contributed by atoms with Gasteiger partial charge in [0, 0.05) is 21.3 Å². The van der Waals surface area contributed by atoms with Crippen molar-refractivity contribution >= 4 is 44.1 Å². The van der Waals surface area contributed by atoms with Crippen LogP contribution in [0.5, 0.6) is 0 Å². The molecule has 0 atom stereocenters. The van der Waals surface area contributed by atoms with E-state index in [9.17, 15) is 18.7 Å². The highest BCUT2D eigenvalue weighted by atomic mass is 79.9. The maximum absolute atomic E-state index is 13.4. The molecular formula is C14H6BrF2NO2S. The molecule has 3 nitrogen and oxygen atoms in total. The van der Waals surface area contributed by atoms with Crippen molar-refractivity contribution < 1.29 is 18.7 Å². The van der Waals surface area contributed by atoms with Gasteiger partial charge < -0.3 is 5.11 Å². The summed E-state index contributed by atoms with van der Waals surface area (Å²) in [5.41, 5.74) is 0.397. The number of aromatic nitrogens is 1. The van der Waals surface area contributed by atoms with E-state index >= 15 is 0 Å². The molecule has 0 bridgehead atoms. The molecule has 0 aliphatic rings. The molecule has 0 fully saturated rings. The SMILES string of the molecule is O=C(O)c1cc(-c2cc(Br)cs2)nc2cc(F)c(F)cc12. The summed E-state index contributed by atoms with van der Waals surface area (Å²) in [5, 5.41) is 11.2. The lowest BCUT2D eigenvalue weighted by molar-refractivity contribution is 0.0699. The second kappa shape index (κ2) is 5.16. The van der Waals surface area contributed by atoms with E-state index in [0.29, 0.717) is 5.69 Å². The average molecular weight is 370 g/mol. The fourth-order valence-corrected chi connectivity index (χ4v) is 3.36. The molecule has 0 aliphatic carbocycles. The first-order valence-electron chi connectivity index (χ1n) is 5.73. The minimum atomic E-state index is -1.22. The summed E-state index contributed by atoms with van der Waals surface area (Å²) in [7, 11) is 0. The Morgan fingerprint density at radius 1 is 1.19 bits per heavy atom. The number of pyridine rings is 1. The van der Waals surface area contributed by atoms with E-state index < -0.39 is 17.6 Å². The molecule has 106 valence electrons. The van der Waals surface area contributed by atoms with Crippen LogP contribution in [0.25, 0.3) is 21.5 Å². The van der Waals surface area contributed by atoms with Crippen LogP contribution >= 0.6 is 27.3 Å². The van der Waals surface area contributed by atoms with E-state index in [2.05, 4.69) is 20.9 Å². The molecule has 3 aromatic rings. The molecule has 21 heavy (non-hydrogen) atoms. The number of benzene rings is 1. The van der Waals surface area contributed by atoms with Crippen molar-refractivity contribution in [3.05, 3.63) is 51.3 Å². The first-order valence-corrected chi connectivity index (χ1v) is 7.40. The summed E-state index contributed by atoms with van der Waals surface area (Å²) < 4.78 is 27.5. The molecule has 1 N–H and O–H groups in total. The number of aromatic carboxylic acids is 1. The molecule has 1 aromatic carbocycles. The van der Waals surface area contributed by atoms with Crippen LogP contribution in [0.3, 0.4) is 0 Å². The van der Waals surface area contributed by atoms with E-state index in [1.807, 2.05) is 5.38 Å². The number of hydrogen-bond donors (Lipinski definition) is 1. The fraction of sp³-hybridized carbons (Fsp3) is 0. The molecule has 0 saturated carbocycles. The standard InChI is InChI=1S/C14H6BrF2NO2S/c15-6-1-13(21-5-6)12-3-8(14(19)20)7-2-9(16)10(17)4-11(7)18-12/h1-5H,(H,19,20). The van der Waals surface area contributed by atoms with Crippen molar-refractivity contribution in [2.45, 2.75) is 0 Å². The topological polar surface area (TPSA) is 50.2 Å². The van der Waals surface area contributed by atoms with Gasteiger partial charge in [0.1, 0.15) is 0 Å². The smallest absolute Gasteiger partial charge is 0.336 e. The number of rotatable bonds is 2. The van der Waals surface area contributed by atoms with Gasteiger partial charge in [-0.1, -0.05) is 0 Å². The van der Waals surface area contributed by atoms with Crippen LogP contribution in [0.1, 0.15) is 10.4 Å². The predicted molar refractivity (Wildman–Crippen MR) is 79.6 cm³/mol. The Hall–Kier alpha value is -1.86. The first-order chi connectivity index (χ1) is 9.95. The van der Waals surface area contributed by atoms with Crippen molar-refractivity contribution in [2.75, 3.05) is 0 Å². The van der Waals surface area contributed by atoms with Gasteiger partial charge in [-0.15, -0.1) is 11.3 Å². The van der Waals surface area contributed by atoms with Crippen LogP contribution in [-0.4, -0.2) is 16.1 Å². The number of carboxylic acid groups (broad SMARTS) is 1. The van der Waals surface area contributed by atoms with Crippen LogP contribution in [0.4, 0.5) is 8.78 Å². The first kappa shape index (κ1) is 14.1. The van der Waals surface area contributed by atoms with Crippen LogP contribution in [-0.2, 0) is 0 Å². The normalized spacial score (nSPS) is 11.0. The minimum Gasteiger partial charge on any atom is -0.478 e. The highest BCUT2D eigenvalue weighted by Gasteiger charge is 2.16. The second-order valence-electron chi connectivity index (χ2n) is 4.27. The zero-order valence-electron chi connectivity index (χ0n) is 10.2. The Balaban J connectivity index is 2.34. The Bertz CT molecular complexity index is 879. The van der Waals surface area contributed by atoms with Gasteiger partial charge in [-0.05, 0) is 34.1 Å². The predicted octanol–water partition coefficient (Wildman–Crippen LogP) is 4.70. The molecule has 0 aliphatic heterocycles. The van der Waals surface area contributed by atoms with Gasteiger partial charge in [-0.3, -0.25) is 0 Å². The number of nitrogens with zero attached hydrogens (tertiary/aromatic N) is 1. The third kappa shape index (κ3) is 2.54. The van der Waals surface area contributed by atoms with E-state index in [0.717, 1.165) is 21.5 Å². The quantitative estimate of drug-likeness (QED) is 0.711. The third-order valence-electron chi connectivity index (χ3n) is 2.90. The Kier molecular flexibility index (Phi) is 3.46. The largest absolute Gasteiger partial charge is 0.478 e. The second-order valence-corrected chi connectivity index (χ2v) is 6.10. The lowest BCUT2D eigenvalue weighted by Crippen LogP contribution is -2.01. The molecule has 0 spiro atoms. The number of thiophene rings is 1. The Labute approximate surface area is 130 Å². The summed E-state index contributed by atoms with van der Waals surface area (Å²) in [6, 6.07) is 4.91. The molecule has 2 heterocycles. The van der Waals surface area contributed by atoms with Gasteiger partial charge in [-0.2, -0.15) is 0 Å². The van der Waals surface area contributed by atoms with Gasteiger partial charge in [0.2, 0.25) is 0 Å². The maximum Gasteiger partial charge on any atom is 0.336 e. The summed E-state index contributed by atoms with van der Waals surface area (Å²) in [6.45, 7) is 0. The zero-order valence-corrected chi connectivity index (χ0v) is 12.6. The van der Waals surface area contributed by atoms with Crippen LogP contribution in [0.15, 0.2) is 34.1 Å². The van der Waals surface area contributed by atoms with Gasteiger partial charge in [-0.25, -0.2) is 18.6 Å². The molecule has 0 saturated heterocycles. The zero-order chi connectivity index (χ0) is 15.1. The van der Waals surface area contributed by atoms with Gasteiger partial charge in [0.15, 0.2) is 11.6 Å². The van der Waals surface area contributed by atoms with E-state index in [1.165, 1.54) is 17.4 Å². The summed E-state index contributed by atoms with van der Waals surface area (Å²) in [5.74, 6) is -3.38. The number of hydrogen-bond acceptors (Lipinski definition) is 3. The molecule has 0 amide bonds. The molecular weight excluding hydrogens is 364 g/mol. The van der Waals surface area contributed by atoms with Crippen molar-refractivity contribution in [3.8, 4) is 10.6 Å².